The number of rotatable bonds is 8. The minimum Gasteiger partial charge on any atom is -0.207 e. The van der Waals surface area contributed by atoms with E-state index in [1.165, 1.54) is 12.5 Å². The number of unbranched alkanes of at least 4 members (excludes halogenated alkanes) is 1. The molecule has 0 amide bonds. The lowest BCUT2D eigenvalue weighted by molar-refractivity contribution is 0.178. The van der Waals surface area contributed by atoms with Crippen molar-refractivity contribution < 1.29 is 13.2 Å². The molecule has 4 rings (SSSR count). The Labute approximate surface area is 202 Å². The molecule has 0 aliphatic heterocycles. The molecule has 0 N–H and O–H groups in total. The van der Waals surface area contributed by atoms with Crippen LogP contribution in [0, 0.1) is 29.3 Å². The molecule has 0 saturated heterocycles. The summed E-state index contributed by atoms with van der Waals surface area (Å²) in [5.41, 5.74) is 2.44. The molecule has 1 aliphatic carbocycles. The smallest absolute Gasteiger partial charge is 0.167 e. The highest BCUT2D eigenvalue weighted by Crippen LogP contribution is 2.46. The number of hydrogen-bond acceptors (Lipinski definition) is 0. The molecule has 0 radical (unpaired) electrons. The Hall–Kier alpha value is -2.55. The molecule has 180 valence electrons. The summed E-state index contributed by atoms with van der Waals surface area (Å²) in [6.07, 6.45) is 8.31. The lowest BCUT2D eigenvalue weighted by atomic mass is 9.67. The van der Waals surface area contributed by atoms with Crippen LogP contribution >= 0.6 is 0 Å². The van der Waals surface area contributed by atoms with Crippen molar-refractivity contribution in [2.24, 2.45) is 11.8 Å². The maximum atomic E-state index is 15.5. The summed E-state index contributed by atoms with van der Waals surface area (Å²) < 4.78 is 46.4. The summed E-state index contributed by atoms with van der Waals surface area (Å²) >= 11 is 0. The van der Waals surface area contributed by atoms with Gasteiger partial charge in [0.05, 0.1) is 0 Å². The highest BCUT2D eigenvalue weighted by atomic mass is 19.2. The molecule has 3 heteroatoms. The normalized spacial score (nSPS) is 19.2. The van der Waals surface area contributed by atoms with Gasteiger partial charge in [-0.15, -0.1) is 0 Å². The van der Waals surface area contributed by atoms with Crippen LogP contribution in [0.15, 0.2) is 60.7 Å². The fourth-order valence-electron chi connectivity index (χ4n) is 5.94. The average molecular weight is 465 g/mol. The van der Waals surface area contributed by atoms with Gasteiger partial charge in [-0.1, -0.05) is 107 Å². The third-order valence-electron chi connectivity index (χ3n) is 7.72. The van der Waals surface area contributed by atoms with Crippen molar-refractivity contribution in [1.82, 2.24) is 0 Å². The highest BCUT2D eigenvalue weighted by molar-refractivity contribution is 5.71. The first kappa shape index (κ1) is 24.6. The molecule has 34 heavy (non-hydrogen) atoms. The summed E-state index contributed by atoms with van der Waals surface area (Å²) in [5, 5.41) is 0. The Balaban J connectivity index is 1.66. The zero-order chi connectivity index (χ0) is 24.1. The first-order chi connectivity index (χ1) is 16.5. The van der Waals surface area contributed by atoms with Crippen molar-refractivity contribution in [3.05, 3.63) is 83.7 Å². The van der Waals surface area contributed by atoms with E-state index in [0.717, 1.165) is 49.7 Å². The quantitative estimate of drug-likeness (QED) is 0.291. The monoisotopic (exact) mass is 464 g/mol. The van der Waals surface area contributed by atoms with Crippen LogP contribution in [0.25, 0.3) is 22.3 Å². The van der Waals surface area contributed by atoms with Crippen LogP contribution in [-0.2, 0) is 0 Å². The van der Waals surface area contributed by atoms with Crippen molar-refractivity contribution >= 4 is 0 Å². The SMILES string of the molecule is CCCCC1CCCCC1C(CC)c1c(F)cc(-c2ccc(-c3ccccc3)cc2)c(F)c1F. The van der Waals surface area contributed by atoms with Crippen LogP contribution < -0.4 is 0 Å². The zero-order valence-electron chi connectivity index (χ0n) is 20.3. The fraction of sp³-hybridized carbons (Fsp3) is 0.419. The van der Waals surface area contributed by atoms with Crippen molar-refractivity contribution in [2.75, 3.05) is 0 Å². The molecule has 0 bridgehead atoms. The number of benzene rings is 3. The Morgan fingerprint density at radius 3 is 2.12 bits per heavy atom. The van der Waals surface area contributed by atoms with E-state index in [1.54, 1.807) is 12.1 Å². The first-order valence-corrected chi connectivity index (χ1v) is 12.9. The molecule has 0 aromatic heterocycles. The zero-order valence-corrected chi connectivity index (χ0v) is 20.3. The number of halogens is 3. The van der Waals surface area contributed by atoms with Crippen molar-refractivity contribution in [1.29, 1.82) is 0 Å². The van der Waals surface area contributed by atoms with E-state index in [4.69, 9.17) is 0 Å². The van der Waals surface area contributed by atoms with Gasteiger partial charge in [0.15, 0.2) is 11.6 Å². The van der Waals surface area contributed by atoms with Crippen LogP contribution in [0.2, 0.25) is 0 Å². The van der Waals surface area contributed by atoms with Gasteiger partial charge in [-0.05, 0) is 53.4 Å². The highest BCUT2D eigenvalue weighted by Gasteiger charge is 2.35. The van der Waals surface area contributed by atoms with Gasteiger partial charge in [0, 0.05) is 11.1 Å². The standard InChI is InChI=1S/C31H35F3/c1-3-5-11-23-14-9-10-15-26(23)25(4-2)29-28(32)20-27(30(33)31(29)34)24-18-16-22(17-19-24)21-12-7-6-8-13-21/h6-8,12-13,16-20,23,25-26H,3-5,9-11,14-15H2,1-2H3. The van der Waals surface area contributed by atoms with E-state index >= 15 is 13.2 Å². The molecule has 0 heterocycles. The molecule has 3 atom stereocenters. The van der Waals surface area contributed by atoms with Gasteiger partial charge >= 0.3 is 0 Å². The second-order valence-electron chi connectivity index (χ2n) is 9.76. The topological polar surface area (TPSA) is 0 Å². The van der Waals surface area contributed by atoms with Crippen LogP contribution in [0.4, 0.5) is 13.2 Å². The summed E-state index contributed by atoms with van der Waals surface area (Å²) in [6.45, 7) is 4.15. The second-order valence-corrected chi connectivity index (χ2v) is 9.76. The Morgan fingerprint density at radius 2 is 1.44 bits per heavy atom. The Kier molecular flexibility index (Phi) is 8.13. The van der Waals surface area contributed by atoms with E-state index in [1.807, 2.05) is 49.4 Å². The second kappa shape index (κ2) is 11.3. The lowest BCUT2D eigenvalue weighted by Gasteiger charge is -2.37. The first-order valence-electron chi connectivity index (χ1n) is 12.9. The van der Waals surface area contributed by atoms with Crippen LogP contribution in [-0.4, -0.2) is 0 Å². The summed E-state index contributed by atoms with van der Waals surface area (Å²) in [7, 11) is 0. The van der Waals surface area contributed by atoms with E-state index in [-0.39, 0.29) is 23.0 Å². The largest absolute Gasteiger partial charge is 0.207 e. The van der Waals surface area contributed by atoms with Gasteiger partial charge in [0.2, 0.25) is 0 Å². The van der Waals surface area contributed by atoms with Crippen LogP contribution in [0.1, 0.15) is 76.7 Å². The van der Waals surface area contributed by atoms with Gasteiger partial charge in [-0.3, -0.25) is 0 Å². The van der Waals surface area contributed by atoms with Gasteiger partial charge in [-0.25, -0.2) is 13.2 Å². The maximum Gasteiger partial charge on any atom is 0.167 e. The third-order valence-corrected chi connectivity index (χ3v) is 7.72. The van der Waals surface area contributed by atoms with Gasteiger partial charge in [-0.2, -0.15) is 0 Å². The van der Waals surface area contributed by atoms with E-state index in [2.05, 4.69) is 6.92 Å². The van der Waals surface area contributed by atoms with Gasteiger partial charge in [0.1, 0.15) is 5.82 Å². The molecule has 1 aliphatic rings. The third kappa shape index (κ3) is 5.09. The maximum absolute atomic E-state index is 15.5. The van der Waals surface area contributed by atoms with Crippen LogP contribution in [0.5, 0.6) is 0 Å². The summed E-state index contributed by atoms with van der Waals surface area (Å²) in [6, 6.07) is 18.2. The Morgan fingerprint density at radius 1 is 0.794 bits per heavy atom. The molecule has 1 fully saturated rings. The van der Waals surface area contributed by atoms with E-state index < -0.39 is 17.5 Å². The Bertz CT molecular complexity index is 1070. The predicted molar refractivity (Wildman–Crippen MR) is 135 cm³/mol. The number of hydrogen-bond donors (Lipinski definition) is 0. The molecule has 0 nitrogen and oxygen atoms in total. The molecule has 3 unspecified atom stereocenters. The summed E-state index contributed by atoms with van der Waals surface area (Å²) in [4.78, 5) is 0. The van der Waals surface area contributed by atoms with E-state index in [9.17, 15) is 0 Å². The van der Waals surface area contributed by atoms with Crippen molar-refractivity contribution in [3.8, 4) is 22.3 Å². The average Bonchev–Trinajstić information content (AvgIpc) is 2.88. The van der Waals surface area contributed by atoms with Gasteiger partial charge < -0.3 is 0 Å². The fourth-order valence-corrected chi connectivity index (χ4v) is 5.94. The van der Waals surface area contributed by atoms with E-state index in [0.29, 0.717) is 17.9 Å². The molecule has 0 spiro atoms. The van der Waals surface area contributed by atoms with Crippen LogP contribution in [0.3, 0.4) is 0 Å². The van der Waals surface area contributed by atoms with Gasteiger partial charge in [0.25, 0.3) is 0 Å². The molecular weight excluding hydrogens is 429 g/mol. The predicted octanol–water partition coefficient (Wildman–Crippen LogP) is 9.93. The summed E-state index contributed by atoms with van der Waals surface area (Å²) in [5.74, 6) is -2.17. The van der Waals surface area contributed by atoms with Crippen molar-refractivity contribution in [3.63, 3.8) is 0 Å². The molecule has 1 saturated carbocycles. The molecule has 3 aromatic carbocycles. The lowest BCUT2D eigenvalue weighted by Crippen LogP contribution is -2.27. The molecular formula is C31H35F3. The molecule has 3 aromatic rings. The minimum atomic E-state index is -1.01. The minimum absolute atomic E-state index is 0.0145. The van der Waals surface area contributed by atoms with Crippen molar-refractivity contribution in [2.45, 2.75) is 71.1 Å².